The summed E-state index contributed by atoms with van der Waals surface area (Å²) >= 11 is 0. The van der Waals surface area contributed by atoms with E-state index in [4.69, 9.17) is 9.84 Å². The van der Waals surface area contributed by atoms with Gasteiger partial charge in [-0.25, -0.2) is 0 Å². The van der Waals surface area contributed by atoms with Crippen molar-refractivity contribution < 1.29 is 19.6 Å². The molecule has 1 aromatic rings. The highest BCUT2D eigenvalue weighted by Crippen LogP contribution is 2.34. The van der Waals surface area contributed by atoms with Gasteiger partial charge in [0.2, 0.25) is 0 Å². The lowest BCUT2D eigenvalue weighted by molar-refractivity contribution is -0.384. The molecule has 7 nitrogen and oxygen atoms in total. The standard InChI is InChI=1S/C12H16N2O5/c1-3-19-10-6-4-5-9(11(10)14(17)18)13-7-8(2)12(15)16/h4-6,8,13H,3,7H2,1-2H3,(H,15,16). The van der Waals surface area contributed by atoms with Gasteiger partial charge in [-0.1, -0.05) is 13.0 Å². The van der Waals surface area contributed by atoms with Crippen LogP contribution in [0.1, 0.15) is 13.8 Å². The first-order valence-electron chi connectivity index (χ1n) is 5.84. The van der Waals surface area contributed by atoms with Crippen LogP contribution in [0.2, 0.25) is 0 Å². The van der Waals surface area contributed by atoms with E-state index in [-0.39, 0.29) is 23.7 Å². The van der Waals surface area contributed by atoms with Crippen molar-refractivity contribution in [2.45, 2.75) is 13.8 Å². The van der Waals surface area contributed by atoms with E-state index in [1.165, 1.54) is 19.1 Å². The fourth-order valence-electron chi connectivity index (χ4n) is 1.48. The Labute approximate surface area is 110 Å². The number of nitro benzene ring substituents is 1. The smallest absolute Gasteiger partial charge is 0.333 e. The number of hydrogen-bond donors (Lipinski definition) is 2. The summed E-state index contributed by atoms with van der Waals surface area (Å²) in [6.45, 7) is 3.67. The number of carboxylic acid groups (broad SMARTS) is 1. The quantitative estimate of drug-likeness (QED) is 0.580. The van der Waals surface area contributed by atoms with E-state index in [9.17, 15) is 14.9 Å². The summed E-state index contributed by atoms with van der Waals surface area (Å²) in [5, 5.41) is 22.6. The molecule has 0 aliphatic carbocycles. The Balaban J connectivity index is 2.96. The molecule has 0 spiro atoms. The number of ether oxygens (including phenoxy) is 1. The summed E-state index contributed by atoms with van der Waals surface area (Å²) in [5.41, 5.74) is 0.0750. The number of para-hydroxylation sites is 1. The lowest BCUT2D eigenvalue weighted by Gasteiger charge is -2.12. The number of nitrogens with one attached hydrogen (secondary N) is 1. The number of benzene rings is 1. The number of hydrogen-bond acceptors (Lipinski definition) is 5. The number of nitrogens with zero attached hydrogens (tertiary/aromatic N) is 1. The van der Waals surface area contributed by atoms with Gasteiger partial charge in [0.1, 0.15) is 5.69 Å². The molecule has 0 aliphatic rings. The van der Waals surface area contributed by atoms with E-state index < -0.39 is 16.8 Å². The molecule has 0 bridgehead atoms. The van der Waals surface area contributed by atoms with Crippen LogP contribution in [-0.2, 0) is 4.79 Å². The van der Waals surface area contributed by atoms with E-state index in [1.807, 2.05) is 0 Å². The Hall–Kier alpha value is -2.31. The number of rotatable bonds is 7. The molecule has 0 radical (unpaired) electrons. The third-order valence-corrected chi connectivity index (χ3v) is 2.50. The molecule has 1 aromatic carbocycles. The highest BCUT2D eigenvalue weighted by atomic mass is 16.6. The summed E-state index contributed by atoms with van der Waals surface area (Å²) in [4.78, 5) is 21.2. The molecule has 19 heavy (non-hydrogen) atoms. The van der Waals surface area contributed by atoms with Crippen molar-refractivity contribution in [3.8, 4) is 5.75 Å². The van der Waals surface area contributed by atoms with E-state index in [2.05, 4.69) is 5.32 Å². The maximum atomic E-state index is 11.1. The third-order valence-electron chi connectivity index (χ3n) is 2.50. The molecular weight excluding hydrogens is 252 g/mol. The number of carboxylic acids is 1. The summed E-state index contributed by atoms with van der Waals surface area (Å²) < 4.78 is 5.20. The molecule has 1 rings (SSSR count). The summed E-state index contributed by atoms with van der Waals surface area (Å²) in [6, 6.07) is 4.65. The second kappa shape index (κ2) is 6.58. The average molecular weight is 268 g/mol. The Bertz CT molecular complexity index is 475. The SMILES string of the molecule is CCOc1cccc(NCC(C)C(=O)O)c1[N+](=O)[O-]. The number of carbonyl (C=O) groups is 1. The molecular formula is C12H16N2O5. The van der Waals surface area contributed by atoms with Crippen LogP contribution in [0.5, 0.6) is 5.75 Å². The molecule has 1 unspecified atom stereocenters. The lowest BCUT2D eigenvalue weighted by atomic mass is 10.1. The van der Waals surface area contributed by atoms with Crippen LogP contribution in [0.4, 0.5) is 11.4 Å². The van der Waals surface area contributed by atoms with Gasteiger partial charge in [0.05, 0.1) is 17.4 Å². The molecule has 0 aromatic heterocycles. The van der Waals surface area contributed by atoms with Crippen molar-refractivity contribution in [2.24, 2.45) is 5.92 Å². The van der Waals surface area contributed by atoms with Gasteiger partial charge in [-0.05, 0) is 19.1 Å². The van der Waals surface area contributed by atoms with Crippen LogP contribution >= 0.6 is 0 Å². The van der Waals surface area contributed by atoms with Crippen LogP contribution in [0.25, 0.3) is 0 Å². The molecule has 0 fully saturated rings. The zero-order valence-electron chi connectivity index (χ0n) is 10.8. The van der Waals surface area contributed by atoms with E-state index in [1.54, 1.807) is 13.0 Å². The third kappa shape index (κ3) is 3.84. The van der Waals surface area contributed by atoms with Crippen LogP contribution < -0.4 is 10.1 Å². The van der Waals surface area contributed by atoms with Crippen LogP contribution in [-0.4, -0.2) is 29.2 Å². The van der Waals surface area contributed by atoms with Crippen LogP contribution in [0.3, 0.4) is 0 Å². The number of aliphatic carboxylic acids is 1. The largest absolute Gasteiger partial charge is 0.487 e. The molecule has 0 heterocycles. The minimum Gasteiger partial charge on any atom is -0.487 e. The molecule has 7 heteroatoms. The minimum absolute atomic E-state index is 0.103. The van der Waals surface area contributed by atoms with Gasteiger partial charge in [0.15, 0.2) is 5.75 Å². The molecule has 0 aliphatic heterocycles. The Morgan fingerprint density at radius 2 is 2.26 bits per heavy atom. The Morgan fingerprint density at radius 1 is 1.58 bits per heavy atom. The van der Waals surface area contributed by atoms with Gasteiger partial charge < -0.3 is 15.2 Å². The topological polar surface area (TPSA) is 102 Å². The number of nitro groups is 1. The van der Waals surface area contributed by atoms with E-state index in [0.29, 0.717) is 6.61 Å². The summed E-state index contributed by atoms with van der Waals surface area (Å²) in [6.07, 6.45) is 0. The Morgan fingerprint density at radius 3 is 2.79 bits per heavy atom. The van der Waals surface area contributed by atoms with Gasteiger partial charge >= 0.3 is 11.7 Å². The normalized spacial score (nSPS) is 11.7. The zero-order chi connectivity index (χ0) is 14.4. The first kappa shape index (κ1) is 14.7. The van der Waals surface area contributed by atoms with Crippen molar-refractivity contribution in [1.29, 1.82) is 0 Å². The van der Waals surface area contributed by atoms with Gasteiger partial charge in [-0.2, -0.15) is 0 Å². The van der Waals surface area contributed by atoms with Gasteiger partial charge in [-0.15, -0.1) is 0 Å². The van der Waals surface area contributed by atoms with Crippen molar-refractivity contribution in [2.75, 3.05) is 18.5 Å². The molecule has 0 amide bonds. The van der Waals surface area contributed by atoms with Crippen molar-refractivity contribution in [3.63, 3.8) is 0 Å². The van der Waals surface area contributed by atoms with Gasteiger partial charge in [-0.3, -0.25) is 14.9 Å². The van der Waals surface area contributed by atoms with E-state index >= 15 is 0 Å². The van der Waals surface area contributed by atoms with Gasteiger partial charge in [0.25, 0.3) is 0 Å². The first-order chi connectivity index (χ1) is 8.97. The summed E-state index contributed by atoms with van der Waals surface area (Å²) in [7, 11) is 0. The highest BCUT2D eigenvalue weighted by Gasteiger charge is 2.21. The minimum atomic E-state index is -0.962. The van der Waals surface area contributed by atoms with Crippen molar-refractivity contribution in [3.05, 3.63) is 28.3 Å². The first-order valence-corrected chi connectivity index (χ1v) is 5.84. The molecule has 2 N–H and O–H groups in total. The van der Waals surface area contributed by atoms with Crippen molar-refractivity contribution >= 4 is 17.3 Å². The molecule has 1 atom stereocenters. The van der Waals surface area contributed by atoms with Crippen molar-refractivity contribution in [1.82, 2.24) is 0 Å². The molecule has 0 saturated carbocycles. The maximum absolute atomic E-state index is 11.1. The predicted molar refractivity (Wildman–Crippen MR) is 69.6 cm³/mol. The average Bonchev–Trinajstić information content (AvgIpc) is 2.35. The number of anilines is 1. The maximum Gasteiger partial charge on any atom is 0.333 e. The predicted octanol–water partition coefficient (Wildman–Crippen LogP) is 2.13. The molecule has 104 valence electrons. The molecule has 0 saturated heterocycles. The zero-order valence-corrected chi connectivity index (χ0v) is 10.8. The second-order valence-corrected chi connectivity index (χ2v) is 3.96. The monoisotopic (exact) mass is 268 g/mol. The van der Waals surface area contributed by atoms with Gasteiger partial charge in [0, 0.05) is 6.54 Å². The second-order valence-electron chi connectivity index (χ2n) is 3.96. The lowest BCUT2D eigenvalue weighted by Crippen LogP contribution is -2.20. The van der Waals surface area contributed by atoms with Crippen LogP contribution in [0.15, 0.2) is 18.2 Å². The van der Waals surface area contributed by atoms with E-state index in [0.717, 1.165) is 0 Å². The van der Waals surface area contributed by atoms with Crippen LogP contribution in [0, 0.1) is 16.0 Å². The summed E-state index contributed by atoms with van der Waals surface area (Å²) in [5.74, 6) is -1.44. The fourth-order valence-corrected chi connectivity index (χ4v) is 1.48. The Kier molecular flexibility index (Phi) is 5.11. The highest BCUT2D eigenvalue weighted by molar-refractivity contribution is 5.72. The fraction of sp³-hybridized carbons (Fsp3) is 0.417.